The summed E-state index contributed by atoms with van der Waals surface area (Å²) >= 11 is 0. The van der Waals surface area contributed by atoms with Gasteiger partial charge in [0.15, 0.2) is 0 Å². The van der Waals surface area contributed by atoms with E-state index in [-0.39, 0.29) is 5.41 Å². The molecule has 1 unspecified atom stereocenters. The van der Waals surface area contributed by atoms with Gasteiger partial charge in [0.2, 0.25) is 0 Å². The first-order chi connectivity index (χ1) is 37.4. The SMILES string of the molecule is C=CC(/C=C\Cc1cccc(N(c2ccc(C)cc2)c2cccc3c2-c2ccccc2C32c3ccccc3-c3cccc(N(c4ccc(C)cc4)c4cccc5c4C(C)(C)c4cc(C=C)ccc4-5)c32)c1C)=C/C(=C)C(C)C. The van der Waals surface area contributed by atoms with Crippen molar-refractivity contribution in [2.75, 3.05) is 9.80 Å². The fourth-order valence-electron chi connectivity index (χ4n) is 13.0. The Kier molecular flexibility index (Phi) is 12.2. The summed E-state index contributed by atoms with van der Waals surface area (Å²) in [6, 6.07) is 71.4. The lowest BCUT2D eigenvalue weighted by atomic mass is 9.69. The van der Waals surface area contributed by atoms with Crippen LogP contribution in [-0.4, -0.2) is 0 Å². The molecule has 1 atom stereocenters. The molecule has 2 heteroatoms. The highest BCUT2D eigenvalue weighted by atomic mass is 15.2. The zero-order valence-electron chi connectivity index (χ0n) is 45.6. The smallest absolute Gasteiger partial charge is 0.0746 e. The number of benzene rings is 9. The molecule has 0 saturated carbocycles. The van der Waals surface area contributed by atoms with Crippen molar-refractivity contribution >= 4 is 40.2 Å². The first-order valence-electron chi connectivity index (χ1n) is 27.3. The van der Waals surface area contributed by atoms with Crippen LogP contribution in [0.3, 0.4) is 0 Å². The van der Waals surface area contributed by atoms with Gasteiger partial charge in [-0.15, -0.1) is 0 Å². The number of aryl methyl sites for hydroxylation is 2. The van der Waals surface area contributed by atoms with Gasteiger partial charge in [0.05, 0.1) is 22.5 Å². The maximum Gasteiger partial charge on any atom is 0.0746 e. The predicted molar refractivity (Wildman–Crippen MR) is 329 cm³/mol. The van der Waals surface area contributed by atoms with Crippen molar-refractivity contribution in [3.63, 3.8) is 0 Å². The number of nitrogens with zero attached hydrogens (tertiary/aromatic N) is 2. The summed E-state index contributed by atoms with van der Waals surface area (Å²) < 4.78 is 0. The highest BCUT2D eigenvalue weighted by molar-refractivity contribution is 6.04. The first kappa shape index (κ1) is 49.2. The summed E-state index contributed by atoms with van der Waals surface area (Å²) in [7, 11) is 0. The lowest BCUT2D eigenvalue weighted by molar-refractivity contribution is 0.660. The van der Waals surface area contributed by atoms with Crippen molar-refractivity contribution in [2.45, 2.75) is 65.7 Å². The average molecular weight is 995 g/mol. The molecule has 0 fully saturated rings. The Morgan fingerprint density at radius 1 is 0.519 bits per heavy atom. The van der Waals surface area contributed by atoms with Crippen LogP contribution in [0.4, 0.5) is 34.1 Å². The van der Waals surface area contributed by atoms with E-state index in [2.05, 4.69) is 284 Å². The Morgan fingerprint density at radius 2 is 1.04 bits per heavy atom. The third-order valence-corrected chi connectivity index (χ3v) is 16.9. The molecular formula is C75H66N2. The molecule has 9 aromatic rings. The maximum atomic E-state index is 4.30. The van der Waals surface area contributed by atoms with E-state index in [0.717, 1.165) is 51.6 Å². The van der Waals surface area contributed by atoms with Gasteiger partial charge >= 0.3 is 0 Å². The Balaban J connectivity index is 1.11. The molecule has 0 aromatic heterocycles. The van der Waals surface area contributed by atoms with Crippen LogP contribution in [0.2, 0.25) is 0 Å². The number of rotatable bonds is 13. The van der Waals surface area contributed by atoms with Crippen LogP contribution in [0, 0.1) is 26.7 Å². The van der Waals surface area contributed by atoms with Gasteiger partial charge in [-0.25, -0.2) is 0 Å². The molecule has 0 bridgehead atoms. The standard InChI is InChI=1S/C75H66N2/c1-11-53(46-51(7)48(3)4)22-17-23-55-24-18-32-67(52(55)8)76(56-41-36-49(5)37-42-56)68-33-21-31-65-71(68)62-26-14-16-30-64(62)75(65)63-29-15-13-25-58(63)61-28-20-35-70(73(61)75)77(57-43-38-50(6)39-44-57)69-34-19-27-60-59-45-40-54(12-2)47-66(59)74(9,10)72(60)69/h11-22,24-48H,1-2,7,23H2,3-6,8-10H3/b22-17-,53-46-. The maximum absolute atomic E-state index is 4.30. The van der Waals surface area contributed by atoms with Gasteiger partial charge in [-0.3, -0.25) is 0 Å². The third kappa shape index (κ3) is 7.75. The monoisotopic (exact) mass is 995 g/mol. The van der Waals surface area contributed by atoms with Gasteiger partial charge in [-0.1, -0.05) is 234 Å². The van der Waals surface area contributed by atoms with Gasteiger partial charge in [0.25, 0.3) is 0 Å². The van der Waals surface area contributed by atoms with Crippen molar-refractivity contribution in [3.8, 4) is 33.4 Å². The third-order valence-electron chi connectivity index (χ3n) is 16.9. The highest BCUT2D eigenvalue weighted by Crippen LogP contribution is 2.67. The minimum atomic E-state index is -0.680. The number of fused-ring (bicyclic) bond motifs is 13. The van der Waals surface area contributed by atoms with E-state index in [1.807, 2.05) is 12.2 Å². The van der Waals surface area contributed by atoms with Gasteiger partial charge in [-0.2, -0.15) is 0 Å². The Morgan fingerprint density at radius 3 is 1.69 bits per heavy atom. The fraction of sp³-hybridized carbons (Fsp3) is 0.147. The molecule has 0 amide bonds. The molecule has 12 rings (SSSR count). The van der Waals surface area contributed by atoms with E-state index in [0.29, 0.717) is 5.92 Å². The summed E-state index contributed by atoms with van der Waals surface area (Å²) in [5.74, 6) is 0.369. The molecule has 1 spiro atoms. The van der Waals surface area contributed by atoms with Crippen LogP contribution >= 0.6 is 0 Å². The molecule has 376 valence electrons. The second-order valence-corrected chi connectivity index (χ2v) is 22.2. The summed E-state index contributed by atoms with van der Waals surface area (Å²) in [6.45, 7) is 28.4. The summed E-state index contributed by atoms with van der Waals surface area (Å²) in [5.41, 5.74) is 29.5. The minimum Gasteiger partial charge on any atom is -0.310 e. The van der Waals surface area contributed by atoms with Crippen LogP contribution < -0.4 is 9.80 Å². The van der Waals surface area contributed by atoms with E-state index in [9.17, 15) is 0 Å². The van der Waals surface area contributed by atoms with Crippen molar-refractivity contribution in [1.29, 1.82) is 0 Å². The first-order valence-corrected chi connectivity index (χ1v) is 27.3. The van der Waals surface area contributed by atoms with Crippen LogP contribution in [-0.2, 0) is 17.3 Å². The molecule has 77 heavy (non-hydrogen) atoms. The topological polar surface area (TPSA) is 6.48 Å². The minimum absolute atomic E-state index is 0.303. The second kappa shape index (κ2) is 19.1. The van der Waals surface area contributed by atoms with Gasteiger partial charge < -0.3 is 9.80 Å². The van der Waals surface area contributed by atoms with E-state index in [4.69, 9.17) is 0 Å². The lowest BCUT2D eigenvalue weighted by Crippen LogP contribution is -2.29. The number of allylic oxidation sites excluding steroid dienone is 6. The molecular weight excluding hydrogens is 929 g/mol. The molecule has 0 aliphatic heterocycles. The molecule has 3 aliphatic carbocycles. The highest BCUT2D eigenvalue weighted by Gasteiger charge is 2.54. The predicted octanol–water partition coefficient (Wildman–Crippen LogP) is 20.3. The largest absolute Gasteiger partial charge is 0.310 e. The van der Waals surface area contributed by atoms with Crippen molar-refractivity contribution in [2.24, 2.45) is 5.92 Å². The molecule has 2 nitrogen and oxygen atoms in total. The molecule has 9 aromatic carbocycles. The van der Waals surface area contributed by atoms with E-state index in [1.165, 1.54) is 94.7 Å². The normalized spacial score (nSPS) is 15.2. The van der Waals surface area contributed by atoms with Gasteiger partial charge in [0.1, 0.15) is 0 Å². The molecule has 0 saturated heterocycles. The quantitative estimate of drug-likeness (QED) is 0.106. The Labute approximate surface area is 457 Å². The summed E-state index contributed by atoms with van der Waals surface area (Å²) in [5, 5.41) is 0. The number of hydrogen-bond acceptors (Lipinski definition) is 2. The van der Waals surface area contributed by atoms with Crippen LogP contribution in [0.15, 0.2) is 243 Å². The Bertz CT molecular complexity index is 3930. The van der Waals surface area contributed by atoms with Crippen molar-refractivity contribution in [3.05, 3.63) is 304 Å². The molecule has 3 aliphatic rings. The van der Waals surface area contributed by atoms with E-state index in [1.54, 1.807) is 0 Å². The van der Waals surface area contributed by atoms with E-state index >= 15 is 0 Å². The van der Waals surface area contributed by atoms with Crippen molar-refractivity contribution in [1.82, 2.24) is 0 Å². The van der Waals surface area contributed by atoms with Gasteiger partial charge in [-0.05, 0) is 160 Å². The number of hydrogen-bond donors (Lipinski definition) is 0. The van der Waals surface area contributed by atoms with Crippen LogP contribution in [0.5, 0.6) is 0 Å². The van der Waals surface area contributed by atoms with Crippen LogP contribution in [0.25, 0.3) is 39.5 Å². The zero-order chi connectivity index (χ0) is 53.3. The van der Waals surface area contributed by atoms with Gasteiger partial charge in [0, 0.05) is 33.6 Å². The molecule has 0 radical (unpaired) electrons. The molecule has 0 heterocycles. The van der Waals surface area contributed by atoms with Crippen LogP contribution in [0.1, 0.15) is 88.9 Å². The second-order valence-electron chi connectivity index (χ2n) is 22.2. The molecule has 0 N–H and O–H groups in total. The lowest BCUT2D eigenvalue weighted by Gasteiger charge is -2.38. The summed E-state index contributed by atoms with van der Waals surface area (Å²) in [6.07, 6.45) is 11.3. The fourth-order valence-corrected chi connectivity index (χ4v) is 13.0. The van der Waals surface area contributed by atoms with E-state index < -0.39 is 5.41 Å². The zero-order valence-corrected chi connectivity index (χ0v) is 45.6. The van der Waals surface area contributed by atoms with Crippen molar-refractivity contribution < 1.29 is 0 Å². The summed E-state index contributed by atoms with van der Waals surface area (Å²) in [4.78, 5) is 5.11. The number of anilines is 6. The average Bonchev–Trinajstić information content (AvgIpc) is 4.15. The Hall–Kier alpha value is -8.72.